The van der Waals surface area contributed by atoms with Gasteiger partial charge in [0.05, 0.1) is 11.7 Å². The van der Waals surface area contributed by atoms with Crippen molar-refractivity contribution in [2.45, 2.75) is 25.1 Å². The first-order valence-electron chi connectivity index (χ1n) is 8.76. The number of carbonyl (C=O) groups is 1. The summed E-state index contributed by atoms with van der Waals surface area (Å²) < 4.78 is 37.7. The average Bonchev–Trinajstić information content (AvgIpc) is 2.66. The molecule has 0 atom stereocenters. The fourth-order valence-corrected chi connectivity index (χ4v) is 3.01. The molecule has 0 spiro atoms. The molecule has 0 amide bonds. The molecule has 3 rings (SSSR count). The summed E-state index contributed by atoms with van der Waals surface area (Å²) in [4.78, 5) is 14.4. The zero-order valence-electron chi connectivity index (χ0n) is 14.6. The van der Waals surface area contributed by atoms with Crippen LogP contribution < -0.4 is 4.90 Å². The normalized spacial score (nSPS) is 16.1. The number of anilines is 1. The quantitative estimate of drug-likeness (QED) is 0.629. The van der Waals surface area contributed by atoms with Gasteiger partial charge in [0.15, 0.2) is 5.78 Å². The third-order valence-electron chi connectivity index (χ3n) is 4.65. The van der Waals surface area contributed by atoms with E-state index in [9.17, 15) is 23.1 Å². The molecule has 142 valence electrons. The van der Waals surface area contributed by atoms with Gasteiger partial charge in [-0.15, -0.1) is 0 Å². The van der Waals surface area contributed by atoms with Gasteiger partial charge in [0.25, 0.3) is 0 Å². The maximum absolute atomic E-state index is 12.6. The Kier molecular flexibility index (Phi) is 5.65. The molecule has 1 aliphatic heterocycles. The SMILES string of the molecule is O=C(/C=C/c1ccc(C(F)(F)F)cc1)c1ccc(N2CCC(O)CC2)cc1. The summed E-state index contributed by atoms with van der Waals surface area (Å²) >= 11 is 0. The molecule has 0 aliphatic carbocycles. The Morgan fingerprint density at radius 2 is 1.59 bits per heavy atom. The molecule has 1 saturated heterocycles. The summed E-state index contributed by atoms with van der Waals surface area (Å²) in [6.07, 6.45) is -0.283. The number of aliphatic hydroxyl groups is 1. The highest BCUT2D eigenvalue weighted by Crippen LogP contribution is 2.29. The van der Waals surface area contributed by atoms with Gasteiger partial charge in [-0.3, -0.25) is 4.79 Å². The fourth-order valence-electron chi connectivity index (χ4n) is 3.01. The molecule has 3 nitrogen and oxygen atoms in total. The number of hydrogen-bond acceptors (Lipinski definition) is 3. The van der Waals surface area contributed by atoms with Crippen LogP contribution >= 0.6 is 0 Å². The Morgan fingerprint density at radius 3 is 2.15 bits per heavy atom. The van der Waals surface area contributed by atoms with Gasteiger partial charge < -0.3 is 10.0 Å². The van der Waals surface area contributed by atoms with Gasteiger partial charge in [-0.1, -0.05) is 18.2 Å². The van der Waals surface area contributed by atoms with Crippen molar-refractivity contribution in [2.75, 3.05) is 18.0 Å². The highest BCUT2D eigenvalue weighted by Gasteiger charge is 2.29. The molecule has 2 aromatic rings. The lowest BCUT2D eigenvalue weighted by Crippen LogP contribution is -2.35. The van der Waals surface area contributed by atoms with Crippen molar-refractivity contribution < 1.29 is 23.1 Å². The van der Waals surface area contributed by atoms with Crippen LogP contribution in [0.1, 0.15) is 34.3 Å². The summed E-state index contributed by atoms with van der Waals surface area (Å²) in [5.41, 5.74) is 1.33. The first kappa shape index (κ1) is 19.2. The zero-order valence-corrected chi connectivity index (χ0v) is 14.6. The molecule has 1 N–H and O–H groups in total. The molecule has 0 radical (unpaired) electrons. The van der Waals surface area contributed by atoms with Gasteiger partial charge >= 0.3 is 6.18 Å². The second-order valence-corrected chi connectivity index (χ2v) is 6.58. The zero-order chi connectivity index (χ0) is 19.4. The first-order chi connectivity index (χ1) is 12.8. The molecule has 0 unspecified atom stereocenters. The number of allylic oxidation sites excluding steroid dienone is 1. The second kappa shape index (κ2) is 7.96. The Morgan fingerprint density at radius 1 is 1.00 bits per heavy atom. The van der Waals surface area contributed by atoms with Crippen LogP contribution in [0, 0.1) is 0 Å². The number of hydrogen-bond donors (Lipinski definition) is 1. The lowest BCUT2D eigenvalue weighted by atomic mass is 10.1. The Labute approximate surface area is 155 Å². The van der Waals surface area contributed by atoms with Crippen LogP contribution in [0.15, 0.2) is 54.6 Å². The van der Waals surface area contributed by atoms with E-state index in [0.29, 0.717) is 11.1 Å². The number of carbonyl (C=O) groups excluding carboxylic acids is 1. The molecular weight excluding hydrogens is 355 g/mol. The van der Waals surface area contributed by atoms with Crippen LogP contribution in [-0.4, -0.2) is 30.1 Å². The van der Waals surface area contributed by atoms with E-state index >= 15 is 0 Å². The Balaban J connectivity index is 1.63. The standard InChI is InChI=1S/C21H20F3NO2/c22-21(23,24)17-6-1-15(2-7-17)3-10-20(27)16-4-8-18(9-5-16)25-13-11-19(26)12-14-25/h1-10,19,26H,11-14H2/b10-3+. The lowest BCUT2D eigenvalue weighted by Gasteiger charge is -2.31. The van der Waals surface area contributed by atoms with Gasteiger partial charge in [0.2, 0.25) is 0 Å². The number of benzene rings is 2. The van der Waals surface area contributed by atoms with Crippen LogP contribution in [0.3, 0.4) is 0 Å². The third-order valence-corrected chi connectivity index (χ3v) is 4.65. The average molecular weight is 375 g/mol. The number of nitrogens with zero attached hydrogens (tertiary/aromatic N) is 1. The van der Waals surface area contributed by atoms with E-state index in [0.717, 1.165) is 43.8 Å². The van der Waals surface area contributed by atoms with E-state index in [1.54, 1.807) is 12.1 Å². The van der Waals surface area contributed by atoms with Crippen molar-refractivity contribution in [1.82, 2.24) is 0 Å². The number of alkyl halides is 3. The predicted octanol–water partition coefficient (Wildman–Crippen LogP) is 4.56. The number of rotatable bonds is 4. The summed E-state index contributed by atoms with van der Waals surface area (Å²) in [6, 6.07) is 11.9. The largest absolute Gasteiger partial charge is 0.416 e. The predicted molar refractivity (Wildman–Crippen MR) is 98.7 cm³/mol. The molecule has 27 heavy (non-hydrogen) atoms. The van der Waals surface area contributed by atoms with Crippen molar-refractivity contribution in [3.8, 4) is 0 Å². The number of ketones is 1. The molecular formula is C21H20F3NO2. The molecule has 1 heterocycles. The second-order valence-electron chi connectivity index (χ2n) is 6.58. The van der Waals surface area contributed by atoms with Crippen molar-refractivity contribution >= 4 is 17.5 Å². The molecule has 1 fully saturated rings. The topological polar surface area (TPSA) is 40.5 Å². The minimum atomic E-state index is -4.37. The lowest BCUT2D eigenvalue weighted by molar-refractivity contribution is -0.137. The summed E-state index contributed by atoms with van der Waals surface area (Å²) in [5.74, 6) is -0.212. The molecule has 0 saturated carbocycles. The molecule has 2 aromatic carbocycles. The molecule has 1 aliphatic rings. The summed E-state index contributed by atoms with van der Waals surface area (Å²) in [5, 5.41) is 9.56. The highest BCUT2D eigenvalue weighted by atomic mass is 19.4. The van der Waals surface area contributed by atoms with Crippen molar-refractivity contribution in [3.63, 3.8) is 0 Å². The van der Waals surface area contributed by atoms with Gasteiger partial charge in [0, 0.05) is 24.3 Å². The molecule has 6 heteroatoms. The Hall–Kier alpha value is -2.60. The van der Waals surface area contributed by atoms with Gasteiger partial charge in [-0.2, -0.15) is 13.2 Å². The summed E-state index contributed by atoms with van der Waals surface area (Å²) in [7, 11) is 0. The minimum absolute atomic E-state index is 0.212. The van der Waals surface area contributed by atoms with E-state index < -0.39 is 11.7 Å². The van der Waals surface area contributed by atoms with Crippen molar-refractivity contribution in [2.24, 2.45) is 0 Å². The maximum Gasteiger partial charge on any atom is 0.416 e. The molecule has 0 bridgehead atoms. The number of piperidine rings is 1. The van der Waals surface area contributed by atoms with Gasteiger partial charge in [0.1, 0.15) is 0 Å². The fraction of sp³-hybridized carbons (Fsp3) is 0.286. The Bertz CT molecular complexity index is 803. The van der Waals surface area contributed by atoms with E-state index in [1.807, 2.05) is 12.1 Å². The third kappa shape index (κ3) is 4.98. The number of halogens is 3. The van der Waals surface area contributed by atoms with Crippen molar-refractivity contribution in [3.05, 3.63) is 71.3 Å². The van der Waals surface area contributed by atoms with Gasteiger partial charge in [-0.25, -0.2) is 0 Å². The van der Waals surface area contributed by atoms with Crippen LogP contribution in [0.4, 0.5) is 18.9 Å². The number of aliphatic hydroxyl groups excluding tert-OH is 1. The van der Waals surface area contributed by atoms with E-state index in [-0.39, 0.29) is 11.9 Å². The molecule has 0 aromatic heterocycles. The maximum atomic E-state index is 12.6. The summed E-state index contributed by atoms with van der Waals surface area (Å²) in [6.45, 7) is 1.56. The van der Waals surface area contributed by atoms with Crippen LogP contribution in [0.2, 0.25) is 0 Å². The first-order valence-corrected chi connectivity index (χ1v) is 8.76. The van der Waals surface area contributed by atoms with Gasteiger partial charge in [-0.05, 0) is 60.9 Å². The van der Waals surface area contributed by atoms with E-state index in [4.69, 9.17) is 0 Å². The monoisotopic (exact) mass is 375 g/mol. The minimum Gasteiger partial charge on any atom is -0.393 e. The van der Waals surface area contributed by atoms with Crippen LogP contribution in [-0.2, 0) is 6.18 Å². The van der Waals surface area contributed by atoms with E-state index in [2.05, 4.69) is 4.90 Å². The van der Waals surface area contributed by atoms with E-state index in [1.165, 1.54) is 24.3 Å². The smallest absolute Gasteiger partial charge is 0.393 e. The van der Waals surface area contributed by atoms with Crippen LogP contribution in [0.25, 0.3) is 6.08 Å². The highest BCUT2D eigenvalue weighted by molar-refractivity contribution is 6.06. The van der Waals surface area contributed by atoms with Crippen LogP contribution in [0.5, 0.6) is 0 Å². The van der Waals surface area contributed by atoms with Crippen molar-refractivity contribution in [1.29, 1.82) is 0 Å².